The second kappa shape index (κ2) is 5.27. The van der Waals surface area contributed by atoms with Crippen LogP contribution in [0.25, 0.3) is 0 Å². The van der Waals surface area contributed by atoms with Gasteiger partial charge in [-0.2, -0.15) is 13.2 Å². The highest BCUT2D eigenvalue weighted by molar-refractivity contribution is 5.41. The summed E-state index contributed by atoms with van der Waals surface area (Å²) in [5, 5.41) is 3.19. The largest absolute Gasteiger partial charge is 0.391 e. The van der Waals surface area contributed by atoms with Crippen molar-refractivity contribution in [1.29, 1.82) is 0 Å². The molecule has 0 amide bonds. The molecule has 1 aromatic heterocycles. The van der Waals surface area contributed by atoms with Gasteiger partial charge in [-0.25, -0.2) is 0 Å². The molecule has 0 radical (unpaired) electrons. The van der Waals surface area contributed by atoms with Crippen LogP contribution in [0.1, 0.15) is 25.7 Å². The summed E-state index contributed by atoms with van der Waals surface area (Å²) in [6.45, 7) is 0. The minimum absolute atomic E-state index is 0.0519. The molecule has 106 valence electrons. The number of alkyl halides is 3. The Labute approximate surface area is 109 Å². The predicted octanol–water partition coefficient (Wildman–Crippen LogP) is 2.92. The number of hydrogen-bond acceptors (Lipinski definition) is 2. The van der Waals surface area contributed by atoms with Gasteiger partial charge in [-0.15, -0.1) is 0 Å². The first-order valence-electron chi connectivity index (χ1n) is 6.36. The zero-order valence-electron chi connectivity index (χ0n) is 10.7. The van der Waals surface area contributed by atoms with Crippen LogP contribution in [-0.2, 0) is 7.05 Å². The number of nitrogens with one attached hydrogen (secondary N) is 1. The minimum atomic E-state index is -4.07. The molecule has 0 saturated heterocycles. The minimum Gasteiger partial charge on any atom is -0.381 e. The number of hydrogen-bond donors (Lipinski definition) is 1. The van der Waals surface area contributed by atoms with Crippen LogP contribution in [0.3, 0.4) is 0 Å². The highest BCUT2D eigenvalue weighted by atomic mass is 19.4. The molecule has 1 aliphatic carbocycles. The fourth-order valence-corrected chi connectivity index (χ4v) is 2.48. The van der Waals surface area contributed by atoms with Crippen LogP contribution in [-0.4, -0.2) is 16.8 Å². The number of aryl methyl sites for hydroxylation is 1. The van der Waals surface area contributed by atoms with Crippen LogP contribution < -0.4 is 10.9 Å². The van der Waals surface area contributed by atoms with E-state index in [2.05, 4.69) is 5.32 Å². The Bertz CT molecular complexity index is 487. The number of halogens is 3. The first kappa shape index (κ1) is 14.0. The molecule has 0 aromatic carbocycles. The van der Waals surface area contributed by atoms with Crippen molar-refractivity contribution in [2.45, 2.75) is 37.9 Å². The molecule has 1 aliphatic rings. The van der Waals surface area contributed by atoms with Gasteiger partial charge in [0.25, 0.3) is 0 Å². The lowest BCUT2D eigenvalue weighted by atomic mass is 9.85. The summed E-state index contributed by atoms with van der Waals surface area (Å²) in [4.78, 5) is 11.2. The van der Waals surface area contributed by atoms with Crippen LogP contribution in [0.5, 0.6) is 0 Å². The standard InChI is InChI=1S/C13H17F3N2O/c1-18-8-11(6-7-12(18)19)17-10-4-2-9(3-5-10)13(14,15)16/h6-10,17H,2-5H2,1H3. The Morgan fingerprint density at radius 1 is 1.21 bits per heavy atom. The van der Waals surface area contributed by atoms with Crippen LogP contribution in [0.15, 0.2) is 23.1 Å². The normalized spacial score (nSPS) is 24.2. The fourth-order valence-electron chi connectivity index (χ4n) is 2.48. The lowest BCUT2D eigenvalue weighted by molar-refractivity contribution is -0.182. The van der Waals surface area contributed by atoms with Crippen LogP contribution in [0.2, 0.25) is 0 Å². The quantitative estimate of drug-likeness (QED) is 0.899. The van der Waals surface area contributed by atoms with E-state index in [0.717, 1.165) is 5.69 Å². The van der Waals surface area contributed by atoms with Crippen molar-refractivity contribution in [2.24, 2.45) is 13.0 Å². The van der Waals surface area contributed by atoms with Gasteiger partial charge < -0.3 is 9.88 Å². The van der Waals surface area contributed by atoms with Crippen molar-refractivity contribution in [2.75, 3.05) is 5.32 Å². The molecule has 1 N–H and O–H groups in total. The molecule has 1 fully saturated rings. The van der Waals surface area contributed by atoms with Gasteiger partial charge in [-0.05, 0) is 31.7 Å². The zero-order valence-corrected chi connectivity index (χ0v) is 10.7. The maximum absolute atomic E-state index is 12.5. The van der Waals surface area contributed by atoms with Crippen molar-refractivity contribution < 1.29 is 13.2 Å². The maximum atomic E-state index is 12.5. The van der Waals surface area contributed by atoms with Gasteiger partial charge in [0.05, 0.1) is 11.6 Å². The molecule has 0 atom stereocenters. The van der Waals surface area contributed by atoms with Gasteiger partial charge in [0, 0.05) is 25.4 Å². The summed E-state index contributed by atoms with van der Waals surface area (Å²) >= 11 is 0. The third-order valence-electron chi connectivity index (χ3n) is 3.65. The molecule has 1 aromatic rings. The first-order chi connectivity index (χ1) is 8.86. The number of aromatic nitrogens is 1. The van der Waals surface area contributed by atoms with Crippen LogP contribution >= 0.6 is 0 Å². The van der Waals surface area contributed by atoms with E-state index in [1.807, 2.05) is 0 Å². The van der Waals surface area contributed by atoms with Crippen molar-refractivity contribution in [3.8, 4) is 0 Å². The number of nitrogens with zero attached hydrogens (tertiary/aromatic N) is 1. The van der Waals surface area contributed by atoms with Crippen molar-refractivity contribution in [3.63, 3.8) is 0 Å². The first-order valence-corrected chi connectivity index (χ1v) is 6.36. The Morgan fingerprint density at radius 2 is 1.84 bits per heavy atom. The van der Waals surface area contributed by atoms with Crippen LogP contribution in [0.4, 0.5) is 18.9 Å². The second-order valence-corrected chi connectivity index (χ2v) is 5.10. The van der Waals surface area contributed by atoms with E-state index in [1.165, 1.54) is 10.6 Å². The van der Waals surface area contributed by atoms with Gasteiger partial charge in [-0.3, -0.25) is 4.79 Å². The molecule has 0 bridgehead atoms. The van der Waals surface area contributed by atoms with Gasteiger partial charge >= 0.3 is 6.18 Å². The molecular weight excluding hydrogens is 257 g/mol. The summed E-state index contributed by atoms with van der Waals surface area (Å²) in [6.07, 6.45) is -1.04. The average molecular weight is 274 g/mol. The highest BCUT2D eigenvalue weighted by Crippen LogP contribution is 2.38. The Hall–Kier alpha value is -1.46. The Morgan fingerprint density at radius 3 is 2.37 bits per heavy atom. The number of rotatable bonds is 2. The molecule has 6 heteroatoms. The van der Waals surface area contributed by atoms with E-state index in [9.17, 15) is 18.0 Å². The predicted molar refractivity (Wildman–Crippen MR) is 67.1 cm³/mol. The van der Waals surface area contributed by atoms with Gasteiger partial charge in [-0.1, -0.05) is 0 Å². The summed E-state index contributed by atoms with van der Waals surface area (Å²) in [5.41, 5.74) is 0.670. The molecule has 1 heterocycles. The van der Waals surface area contributed by atoms with E-state index >= 15 is 0 Å². The van der Waals surface area contributed by atoms with Gasteiger partial charge in [0.2, 0.25) is 5.56 Å². The third-order valence-corrected chi connectivity index (χ3v) is 3.65. The lowest BCUT2D eigenvalue weighted by Crippen LogP contribution is -2.33. The third kappa shape index (κ3) is 3.52. The fraction of sp³-hybridized carbons (Fsp3) is 0.615. The second-order valence-electron chi connectivity index (χ2n) is 5.10. The topological polar surface area (TPSA) is 34.0 Å². The molecule has 3 nitrogen and oxygen atoms in total. The van der Waals surface area contributed by atoms with E-state index in [1.54, 1.807) is 19.3 Å². The van der Waals surface area contributed by atoms with E-state index in [0.29, 0.717) is 12.8 Å². The maximum Gasteiger partial charge on any atom is 0.391 e. The summed E-state index contributed by atoms with van der Waals surface area (Å²) in [6, 6.07) is 3.16. The molecule has 0 spiro atoms. The average Bonchev–Trinajstić information content (AvgIpc) is 2.33. The zero-order chi connectivity index (χ0) is 14.0. The molecular formula is C13H17F3N2O. The lowest BCUT2D eigenvalue weighted by Gasteiger charge is -2.30. The Balaban J connectivity index is 1.92. The van der Waals surface area contributed by atoms with E-state index in [4.69, 9.17) is 0 Å². The molecule has 0 unspecified atom stereocenters. The summed E-state index contributed by atoms with van der Waals surface area (Å²) in [5.74, 6) is -1.16. The van der Waals surface area contributed by atoms with Crippen molar-refractivity contribution in [3.05, 3.63) is 28.7 Å². The van der Waals surface area contributed by atoms with Crippen molar-refractivity contribution in [1.82, 2.24) is 4.57 Å². The van der Waals surface area contributed by atoms with Crippen molar-refractivity contribution >= 4 is 5.69 Å². The van der Waals surface area contributed by atoms with Gasteiger partial charge in [0.1, 0.15) is 0 Å². The smallest absolute Gasteiger partial charge is 0.381 e. The summed E-state index contributed by atoms with van der Waals surface area (Å²) in [7, 11) is 1.65. The van der Waals surface area contributed by atoms with E-state index < -0.39 is 12.1 Å². The molecule has 2 rings (SSSR count). The van der Waals surface area contributed by atoms with E-state index in [-0.39, 0.29) is 24.4 Å². The summed E-state index contributed by atoms with van der Waals surface area (Å²) < 4.78 is 39.1. The molecule has 0 aliphatic heterocycles. The van der Waals surface area contributed by atoms with Crippen LogP contribution in [0, 0.1) is 5.92 Å². The number of pyridine rings is 1. The highest BCUT2D eigenvalue weighted by Gasteiger charge is 2.41. The SMILES string of the molecule is Cn1cc(NC2CCC(C(F)(F)F)CC2)ccc1=O. The molecule has 1 saturated carbocycles. The number of anilines is 1. The van der Waals surface area contributed by atoms with Gasteiger partial charge in [0.15, 0.2) is 0 Å². The monoisotopic (exact) mass is 274 g/mol. The molecule has 19 heavy (non-hydrogen) atoms. The Kier molecular flexibility index (Phi) is 3.87.